The molecule has 2 aromatic rings. The van der Waals surface area contributed by atoms with Crippen LogP contribution in [0, 0.1) is 0 Å². The number of carbonyl (C=O) groups excluding carboxylic acids is 1. The van der Waals surface area contributed by atoms with Crippen LogP contribution < -0.4 is 15.6 Å². The molecule has 42 heavy (non-hydrogen) atoms. The molecule has 11 nitrogen and oxygen atoms in total. The van der Waals surface area contributed by atoms with Crippen molar-refractivity contribution in [1.82, 2.24) is 24.0 Å². The van der Waals surface area contributed by atoms with Crippen molar-refractivity contribution in [3.8, 4) is 5.75 Å². The number of aliphatic hydroxyl groups excluding tert-OH is 1. The number of hydrogen-bond donors (Lipinski definition) is 2. The van der Waals surface area contributed by atoms with E-state index in [1.807, 2.05) is 38.1 Å². The van der Waals surface area contributed by atoms with E-state index in [4.69, 9.17) is 4.74 Å². The molecule has 3 saturated heterocycles. The number of para-hydroxylation sites is 1. The van der Waals surface area contributed by atoms with E-state index >= 15 is 0 Å². The third-order valence-electron chi connectivity index (χ3n) is 9.02. The zero-order valence-corrected chi connectivity index (χ0v) is 25.9. The van der Waals surface area contributed by atoms with Crippen LogP contribution in [-0.4, -0.2) is 107 Å². The summed E-state index contributed by atoms with van der Waals surface area (Å²) in [6, 6.07) is 9.57. The van der Waals surface area contributed by atoms with Gasteiger partial charge < -0.3 is 19.7 Å². The van der Waals surface area contributed by atoms with E-state index in [2.05, 4.69) is 15.1 Å². The average Bonchev–Trinajstić information content (AvgIpc) is 3.15. The predicted molar refractivity (Wildman–Crippen MR) is 162 cm³/mol. The number of pyridine rings is 1. The van der Waals surface area contributed by atoms with E-state index in [0.29, 0.717) is 39.3 Å². The lowest BCUT2D eigenvalue weighted by Gasteiger charge is -2.41. The number of nitrogens with zero attached hydrogens (tertiary/aromatic N) is 4. The molecule has 0 aliphatic carbocycles. The molecular weight excluding hydrogens is 558 g/mol. The number of sulfonamides is 1. The lowest BCUT2D eigenvalue weighted by atomic mass is 9.97. The molecule has 1 amide bonds. The first-order valence-electron chi connectivity index (χ1n) is 15.2. The number of benzene rings is 1. The van der Waals surface area contributed by atoms with Crippen LogP contribution in [0.25, 0.3) is 10.9 Å². The number of piperidine rings is 1. The Morgan fingerprint density at radius 3 is 2.29 bits per heavy atom. The number of piperazine rings is 1. The summed E-state index contributed by atoms with van der Waals surface area (Å²) in [5, 5.41) is 14.3. The highest BCUT2D eigenvalue weighted by Crippen LogP contribution is 2.36. The lowest BCUT2D eigenvalue weighted by Crippen LogP contribution is -2.55. The van der Waals surface area contributed by atoms with Crippen LogP contribution >= 0.6 is 0 Å². The second-order valence-electron chi connectivity index (χ2n) is 12.6. The first-order valence-corrected chi connectivity index (χ1v) is 16.7. The molecule has 3 aliphatic rings. The first-order chi connectivity index (χ1) is 19.9. The van der Waals surface area contributed by atoms with Crippen LogP contribution in [0.1, 0.15) is 59.4 Å². The summed E-state index contributed by atoms with van der Waals surface area (Å²) in [7, 11) is -3.25. The van der Waals surface area contributed by atoms with Crippen molar-refractivity contribution in [2.24, 2.45) is 0 Å². The van der Waals surface area contributed by atoms with Gasteiger partial charge in [0.2, 0.25) is 10.0 Å². The van der Waals surface area contributed by atoms with E-state index in [1.165, 1.54) is 0 Å². The second-order valence-corrected chi connectivity index (χ2v) is 15.1. The largest absolute Gasteiger partial charge is 0.413 e. The van der Waals surface area contributed by atoms with Gasteiger partial charge in [-0.2, -0.15) is 4.31 Å². The smallest absolute Gasteiger partial charge is 0.404 e. The van der Waals surface area contributed by atoms with Crippen molar-refractivity contribution in [3.63, 3.8) is 0 Å². The molecule has 12 heteroatoms. The highest BCUT2D eigenvalue weighted by molar-refractivity contribution is 7.89. The number of ether oxygens (including phenoxy) is 1. The molecular formula is C30H45N5O6S. The van der Waals surface area contributed by atoms with E-state index in [1.54, 1.807) is 28.8 Å². The second kappa shape index (κ2) is 12.6. The molecule has 0 saturated carbocycles. The van der Waals surface area contributed by atoms with E-state index in [-0.39, 0.29) is 35.5 Å². The van der Waals surface area contributed by atoms with E-state index in [0.717, 1.165) is 36.6 Å². The normalized spacial score (nSPS) is 24.9. The Bertz CT molecular complexity index is 1420. The predicted octanol–water partition coefficient (Wildman–Crippen LogP) is 2.38. The number of aliphatic hydroxyl groups is 1. The SMILES string of the molecule is CC(C)n1c(=O)c(OC(=O)NC2C[C@H]3CC[C@@H](C2)N3CC(O)CN2CCN(S(=O)(=O)C(C)C)CC2)cc2ccccc21. The van der Waals surface area contributed by atoms with Gasteiger partial charge in [0.15, 0.2) is 5.75 Å². The van der Waals surface area contributed by atoms with Crippen molar-refractivity contribution in [1.29, 1.82) is 0 Å². The third-order valence-corrected chi connectivity index (χ3v) is 11.3. The first kappa shape index (κ1) is 30.9. The maximum absolute atomic E-state index is 13.1. The molecule has 3 aliphatic heterocycles. The van der Waals surface area contributed by atoms with Crippen molar-refractivity contribution in [3.05, 3.63) is 40.7 Å². The maximum Gasteiger partial charge on any atom is 0.413 e. The average molecular weight is 604 g/mol. The minimum atomic E-state index is -3.25. The Hall–Kier alpha value is -2.51. The number of hydrogen-bond acceptors (Lipinski definition) is 8. The molecule has 1 aromatic carbocycles. The number of carbonyl (C=O) groups is 1. The van der Waals surface area contributed by atoms with Gasteiger partial charge in [0, 0.05) is 68.8 Å². The number of aromatic nitrogens is 1. The zero-order valence-electron chi connectivity index (χ0n) is 25.1. The molecule has 0 radical (unpaired) electrons. The summed E-state index contributed by atoms with van der Waals surface area (Å²) in [6.45, 7) is 10.5. The van der Waals surface area contributed by atoms with Gasteiger partial charge in [-0.1, -0.05) is 18.2 Å². The highest BCUT2D eigenvalue weighted by Gasteiger charge is 2.42. The summed E-state index contributed by atoms with van der Waals surface area (Å²) < 4.78 is 33.7. The van der Waals surface area contributed by atoms with Crippen LogP contribution in [-0.2, 0) is 10.0 Å². The molecule has 2 N–H and O–H groups in total. The van der Waals surface area contributed by atoms with Gasteiger partial charge >= 0.3 is 6.09 Å². The van der Waals surface area contributed by atoms with E-state index < -0.39 is 27.5 Å². The Morgan fingerprint density at radius 2 is 1.67 bits per heavy atom. The van der Waals surface area contributed by atoms with Crippen molar-refractivity contribution in [2.75, 3.05) is 39.3 Å². The molecule has 4 heterocycles. The molecule has 2 bridgehead atoms. The molecule has 3 fully saturated rings. The highest BCUT2D eigenvalue weighted by atomic mass is 32.2. The van der Waals surface area contributed by atoms with Crippen LogP contribution in [0.3, 0.4) is 0 Å². The molecule has 1 aromatic heterocycles. The third kappa shape index (κ3) is 6.52. The summed E-state index contributed by atoms with van der Waals surface area (Å²) in [5.41, 5.74) is 0.475. The number of nitrogens with one attached hydrogen (secondary N) is 1. The van der Waals surface area contributed by atoms with Gasteiger partial charge in [0.25, 0.3) is 5.56 Å². The Kier molecular flexibility index (Phi) is 9.29. The van der Waals surface area contributed by atoms with Gasteiger partial charge in [-0.15, -0.1) is 0 Å². The van der Waals surface area contributed by atoms with Crippen LogP contribution in [0.2, 0.25) is 0 Å². The zero-order chi connectivity index (χ0) is 30.2. The van der Waals surface area contributed by atoms with Gasteiger partial charge in [0.05, 0.1) is 16.9 Å². The van der Waals surface area contributed by atoms with Crippen molar-refractivity contribution < 1.29 is 23.1 Å². The van der Waals surface area contributed by atoms with Gasteiger partial charge in [-0.05, 0) is 65.5 Å². The molecule has 2 unspecified atom stereocenters. The quantitative estimate of drug-likeness (QED) is 0.448. The monoisotopic (exact) mass is 603 g/mol. The minimum Gasteiger partial charge on any atom is -0.404 e. The van der Waals surface area contributed by atoms with Crippen LogP contribution in [0.15, 0.2) is 35.1 Å². The fraction of sp³-hybridized carbons (Fsp3) is 0.667. The number of β-amino-alcohol motifs (C(OH)–C–C–N with tert-alkyl or cyclic N) is 1. The van der Waals surface area contributed by atoms with Crippen molar-refractivity contribution >= 4 is 27.0 Å². The number of amides is 1. The summed E-state index contributed by atoms with van der Waals surface area (Å²) in [6.07, 6.45) is 2.40. The molecule has 4 atom stereocenters. The lowest BCUT2D eigenvalue weighted by molar-refractivity contribution is 0.0281. The van der Waals surface area contributed by atoms with Gasteiger partial charge in [-0.25, -0.2) is 13.2 Å². The van der Waals surface area contributed by atoms with Crippen molar-refractivity contribution in [2.45, 2.75) is 88.9 Å². The summed E-state index contributed by atoms with van der Waals surface area (Å²) in [4.78, 5) is 30.6. The number of rotatable bonds is 9. The standard InChI is InChI=1S/C30H45N5O6S/c1-20(2)35-27-8-6-5-7-22(27)15-28(29(35)37)41-30(38)31-23-16-24-9-10-25(17-23)34(24)19-26(36)18-32-11-13-33(14-12-32)42(39,40)21(3)4/h5-8,15,20-21,23-26,36H,9-14,16-19H2,1-4H3,(H,31,38)/t23?,24-,25+,26?. The molecule has 0 spiro atoms. The number of fused-ring (bicyclic) bond motifs is 3. The molecule has 5 rings (SSSR count). The van der Waals surface area contributed by atoms with Gasteiger partial charge in [0.1, 0.15) is 0 Å². The minimum absolute atomic E-state index is 0.0195. The molecule has 232 valence electrons. The van der Waals surface area contributed by atoms with Crippen LogP contribution in [0.5, 0.6) is 5.75 Å². The van der Waals surface area contributed by atoms with E-state index in [9.17, 15) is 23.1 Å². The Morgan fingerprint density at radius 1 is 1.02 bits per heavy atom. The Labute approximate surface area is 248 Å². The maximum atomic E-state index is 13.1. The Balaban J connectivity index is 1.13. The fourth-order valence-electron chi connectivity index (χ4n) is 6.90. The van der Waals surface area contributed by atoms with Gasteiger partial charge in [-0.3, -0.25) is 14.6 Å². The fourth-order valence-corrected chi connectivity index (χ4v) is 8.16. The topological polar surface area (TPSA) is 124 Å². The summed E-state index contributed by atoms with van der Waals surface area (Å²) in [5.74, 6) is 0.0195. The van der Waals surface area contributed by atoms with Crippen LogP contribution in [0.4, 0.5) is 4.79 Å². The summed E-state index contributed by atoms with van der Waals surface area (Å²) >= 11 is 0.